The molecule has 0 bridgehead atoms. The quantitative estimate of drug-likeness (QED) is 0.500. The summed E-state index contributed by atoms with van der Waals surface area (Å²) in [5, 5.41) is 6.05. The van der Waals surface area contributed by atoms with Gasteiger partial charge in [-0.05, 0) is 41.2 Å². The van der Waals surface area contributed by atoms with Gasteiger partial charge >= 0.3 is 0 Å². The molecule has 0 fully saturated rings. The number of benzene rings is 2. The summed E-state index contributed by atoms with van der Waals surface area (Å²) in [6.45, 7) is 3.36. The lowest BCUT2D eigenvalue weighted by atomic mass is 9.97. The number of aromatic nitrogens is 1. The van der Waals surface area contributed by atoms with Crippen molar-refractivity contribution in [3.8, 4) is 22.9 Å². The molecule has 3 aromatic rings. The van der Waals surface area contributed by atoms with Gasteiger partial charge in [-0.3, -0.25) is 4.79 Å². The van der Waals surface area contributed by atoms with Crippen molar-refractivity contribution in [3.05, 3.63) is 77.4 Å². The minimum atomic E-state index is -0.0306. The summed E-state index contributed by atoms with van der Waals surface area (Å²) in [6.07, 6.45) is 1.89. The highest BCUT2D eigenvalue weighted by Gasteiger charge is 2.27. The molecular weight excluding hydrogens is 402 g/mol. The molecule has 166 valence electrons. The van der Waals surface area contributed by atoms with Gasteiger partial charge in [0.2, 0.25) is 17.7 Å². The lowest BCUT2D eigenvalue weighted by molar-refractivity contribution is -0.118. The van der Waals surface area contributed by atoms with E-state index in [9.17, 15) is 4.79 Å². The fourth-order valence-electron chi connectivity index (χ4n) is 4.15. The molecule has 0 unspecified atom stereocenters. The Hall–Kier alpha value is -3.38. The van der Waals surface area contributed by atoms with Gasteiger partial charge in [-0.2, -0.15) is 4.98 Å². The van der Waals surface area contributed by atoms with Crippen LogP contribution in [0.4, 0.5) is 0 Å². The van der Waals surface area contributed by atoms with Crippen LogP contribution in [0.2, 0.25) is 0 Å². The van der Waals surface area contributed by atoms with Crippen molar-refractivity contribution < 1.29 is 14.3 Å². The van der Waals surface area contributed by atoms with E-state index in [1.165, 1.54) is 29.2 Å². The Bertz CT molecular complexity index is 1070. The second kappa shape index (κ2) is 10.3. The maximum Gasteiger partial charge on any atom is 0.220 e. The number of fused-ring (bicyclic) bond motifs is 1. The Labute approximate surface area is 189 Å². The lowest BCUT2D eigenvalue weighted by Crippen LogP contribution is -2.30. The van der Waals surface area contributed by atoms with Crippen LogP contribution >= 0.6 is 0 Å². The molecule has 0 spiro atoms. The predicted octanol–water partition coefficient (Wildman–Crippen LogP) is 4.05. The molecule has 0 radical (unpaired) electrons. The SMILES string of the molecule is COc1nc(O[C@H]2CCc3c(-c4ccccc4)cccc32)ccc1CNCCNC(C)=O. The highest BCUT2D eigenvalue weighted by Crippen LogP contribution is 2.40. The van der Waals surface area contributed by atoms with Crippen LogP contribution in [0.3, 0.4) is 0 Å². The van der Waals surface area contributed by atoms with Crippen molar-refractivity contribution in [2.75, 3.05) is 20.2 Å². The number of rotatable bonds is 9. The van der Waals surface area contributed by atoms with Crippen LogP contribution in [0.5, 0.6) is 11.8 Å². The molecule has 4 rings (SSSR count). The number of ether oxygens (including phenoxy) is 2. The van der Waals surface area contributed by atoms with Crippen LogP contribution in [0, 0.1) is 0 Å². The summed E-state index contributed by atoms with van der Waals surface area (Å²) in [5.41, 5.74) is 6.05. The Morgan fingerprint density at radius 2 is 1.91 bits per heavy atom. The summed E-state index contributed by atoms with van der Waals surface area (Å²) in [5.74, 6) is 1.08. The van der Waals surface area contributed by atoms with Crippen LogP contribution in [0.15, 0.2) is 60.7 Å². The van der Waals surface area contributed by atoms with Crippen LogP contribution in [0.1, 0.15) is 36.1 Å². The zero-order valence-corrected chi connectivity index (χ0v) is 18.6. The van der Waals surface area contributed by atoms with Gasteiger partial charge in [0.25, 0.3) is 0 Å². The first-order valence-electron chi connectivity index (χ1n) is 11.0. The number of hydrogen-bond donors (Lipinski definition) is 2. The van der Waals surface area contributed by atoms with E-state index >= 15 is 0 Å². The summed E-state index contributed by atoms with van der Waals surface area (Å²) in [6, 6.07) is 20.8. The molecule has 1 aliphatic carbocycles. The van der Waals surface area contributed by atoms with Gasteiger partial charge in [-0.15, -0.1) is 0 Å². The first kappa shape index (κ1) is 21.8. The van der Waals surface area contributed by atoms with Crippen molar-refractivity contribution in [2.24, 2.45) is 0 Å². The largest absolute Gasteiger partial charge is 0.481 e. The summed E-state index contributed by atoms with van der Waals surface area (Å²) in [7, 11) is 1.62. The molecular formula is C26H29N3O3. The number of methoxy groups -OCH3 is 1. The van der Waals surface area contributed by atoms with Gasteiger partial charge in [0.05, 0.1) is 7.11 Å². The first-order chi connectivity index (χ1) is 15.7. The molecule has 6 nitrogen and oxygen atoms in total. The third-order valence-corrected chi connectivity index (χ3v) is 5.66. The normalized spacial score (nSPS) is 14.6. The standard InChI is InChI=1S/C26H29N3O3/c1-18(30)28-16-15-27-17-20-11-14-25(29-26(20)31-2)32-24-13-12-22-21(9-6-10-23(22)24)19-7-4-3-5-8-19/h3-11,14,24,27H,12-13,15-17H2,1-2H3,(H,28,30)/t24-/m0/s1. The Balaban J connectivity index is 1.44. The van der Waals surface area contributed by atoms with E-state index in [0.29, 0.717) is 31.4 Å². The predicted molar refractivity (Wildman–Crippen MR) is 125 cm³/mol. The Morgan fingerprint density at radius 3 is 2.69 bits per heavy atom. The van der Waals surface area contributed by atoms with E-state index < -0.39 is 0 Å². The third kappa shape index (κ3) is 5.08. The van der Waals surface area contributed by atoms with Crippen LogP contribution in [-0.4, -0.2) is 31.1 Å². The monoisotopic (exact) mass is 431 g/mol. The summed E-state index contributed by atoms with van der Waals surface area (Å²) < 4.78 is 11.8. The second-order valence-corrected chi connectivity index (χ2v) is 7.86. The van der Waals surface area contributed by atoms with E-state index in [0.717, 1.165) is 18.4 Å². The molecule has 32 heavy (non-hydrogen) atoms. The number of nitrogens with zero attached hydrogens (tertiary/aromatic N) is 1. The molecule has 0 aliphatic heterocycles. The molecule has 1 aromatic heterocycles. The van der Waals surface area contributed by atoms with Gasteiger partial charge in [-0.25, -0.2) is 0 Å². The van der Waals surface area contributed by atoms with Gasteiger partial charge < -0.3 is 20.1 Å². The van der Waals surface area contributed by atoms with E-state index in [1.807, 2.05) is 18.2 Å². The summed E-state index contributed by atoms with van der Waals surface area (Å²) in [4.78, 5) is 15.5. The first-order valence-corrected chi connectivity index (χ1v) is 11.0. The van der Waals surface area contributed by atoms with Crippen molar-refractivity contribution in [1.82, 2.24) is 15.6 Å². The number of pyridine rings is 1. The van der Waals surface area contributed by atoms with Gasteiger partial charge in [0, 0.05) is 38.2 Å². The number of hydrogen-bond acceptors (Lipinski definition) is 5. The van der Waals surface area contributed by atoms with Gasteiger partial charge in [0.15, 0.2) is 0 Å². The number of carbonyl (C=O) groups is 1. The molecule has 6 heteroatoms. The Kier molecular flexibility index (Phi) is 7.02. The van der Waals surface area contributed by atoms with Crippen molar-refractivity contribution in [2.45, 2.75) is 32.4 Å². The molecule has 1 atom stereocenters. The van der Waals surface area contributed by atoms with E-state index in [2.05, 4.69) is 58.1 Å². The van der Waals surface area contributed by atoms with E-state index in [4.69, 9.17) is 9.47 Å². The van der Waals surface area contributed by atoms with Crippen molar-refractivity contribution in [3.63, 3.8) is 0 Å². The molecule has 1 aliphatic rings. The molecule has 2 N–H and O–H groups in total. The highest BCUT2D eigenvalue weighted by atomic mass is 16.5. The third-order valence-electron chi connectivity index (χ3n) is 5.66. The zero-order valence-electron chi connectivity index (χ0n) is 18.6. The average molecular weight is 432 g/mol. The molecule has 0 saturated carbocycles. The zero-order chi connectivity index (χ0) is 22.3. The fourth-order valence-corrected chi connectivity index (χ4v) is 4.15. The lowest BCUT2D eigenvalue weighted by Gasteiger charge is -2.17. The maximum absolute atomic E-state index is 10.9. The smallest absolute Gasteiger partial charge is 0.220 e. The van der Waals surface area contributed by atoms with Gasteiger partial charge in [-0.1, -0.05) is 48.5 Å². The number of amides is 1. The molecule has 1 heterocycles. The Morgan fingerprint density at radius 1 is 1.06 bits per heavy atom. The van der Waals surface area contributed by atoms with Gasteiger partial charge in [0.1, 0.15) is 6.10 Å². The van der Waals surface area contributed by atoms with Crippen molar-refractivity contribution in [1.29, 1.82) is 0 Å². The van der Waals surface area contributed by atoms with Crippen molar-refractivity contribution >= 4 is 5.91 Å². The minimum Gasteiger partial charge on any atom is -0.481 e. The fraction of sp³-hybridized carbons (Fsp3) is 0.308. The number of nitrogens with one attached hydrogen (secondary N) is 2. The van der Waals surface area contributed by atoms with E-state index in [-0.39, 0.29) is 12.0 Å². The molecule has 1 amide bonds. The molecule has 0 saturated heterocycles. The van der Waals surface area contributed by atoms with Crippen LogP contribution in [-0.2, 0) is 17.8 Å². The second-order valence-electron chi connectivity index (χ2n) is 7.86. The van der Waals surface area contributed by atoms with Crippen LogP contribution in [0.25, 0.3) is 11.1 Å². The molecule has 2 aromatic carbocycles. The van der Waals surface area contributed by atoms with Crippen LogP contribution < -0.4 is 20.1 Å². The maximum atomic E-state index is 10.9. The minimum absolute atomic E-state index is 0.0208. The number of carbonyl (C=O) groups excluding carboxylic acids is 1. The topological polar surface area (TPSA) is 72.5 Å². The van der Waals surface area contributed by atoms with E-state index in [1.54, 1.807) is 7.11 Å². The average Bonchev–Trinajstić information content (AvgIpc) is 3.22. The highest BCUT2D eigenvalue weighted by molar-refractivity contribution is 5.72. The summed E-state index contributed by atoms with van der Waals surface area (Å²) >= 11 is 0.